The molecule has 0 saturated carbocycles. The van der Waals surface area contributed by atoms with E-state index in [4.69, 9.17) is 5.11 Å². The number of carboxylic acid groups (broad SMARTS) is 1. The lowest BCUT2D eigenvalue weighted by Gasteiger charge is -2.32. The van der Waals surface area contributed by atoms with Crippen molar-refractivity contribution in [2.75, 3.05) is 0 Å². The second-order valence-corrected chi connectivity index (χ2v) is 4.85. The lowest BCUT2D eigenvalue weighted by Crippen LogP contribution is -2.38. The van der Waals surface area contributed by atoms with Crippen LogP contribution in [0.2, 0.25) is 0 Å². The SMILES string of the molecule is C[C@@H](C(=O)O)[C@@]1(O)CCCCc2ccccc21. The van der Waals surface area contributed by atoms with E-state index < -0.39 is 17.5 Å². The van der Waals surface area contributed by atoms with Gasteiger partial charge >= 0.3 is 5.97 Å². The molecule has 2 N–H and O–H groups in total. The Bertz CT molecular complexity index is 427. The number of hydrogen-bond acceptors (Lipinski definition) is 2. The van der Waals surface area contributed by atoms with Crippen LogP contribution in [0.3, 0.4) is 0 Å². The van der Waals surface area contributed by atoms with Crippen molar-refractivity contribution in [2.45, 2.75) is 38.2 Å². The highest BCUT2D eigenvalue weighted by atomic mass is 16.4. The van der Waals surface area contributed by atoms with Gasteiger partial charge < -0.3 is 10.2 Å². The summed E-state index contributed by atoms with van der Waals surface area (Å²) < 4.78 is 0. The van der Waals surface area contributed by atoms with Crippen LogP contribution in [0.5, 0.6) is 0 Å². The molecule has 3 nitrogen and oxygen atoms in total. The third kappa shape index (κ3) is 2.07. The van der Waals surface area contributed by atoms with Crippen molar-refractivity contribution in [1.82, 2.24) is 0 Å². The first kappa shape index (κ1) is 12.1. The molecule has 1 aromatic carbocycles. The molecule has 3 heteroatoms. The average molecular weight is 234 g/mol. The van der Waals surface area contributed by atoms with E-state index in [1.54, 1.807) is 6.92 Å². The first-order valence-corrected chi connectivity index (χ1v) is 6.09. The number of aliphatic carboxylic acids is 1. The molecule has 0 unspecified atom stereocenters. The van der Waals surface area contributed by atoms with E-state index in [2.05, 4.69) is 0 Å². The first-order chi connectivity index (χ1) is 8.05. The summed E-state index contributed by atoms with van der Waals surface area (Å²) in [5, 5.41) is 19.9. The highest BCUT2D eigenvalue weighted by Crippen LogP contribution is 2.39. The lowest BCUT2D eigenvalue weighted by molar-refractivity contribution is -0.152. The van der Waals surface area contributed by atoms with E-state index in [-0.39, 0.29) is 0 Å². The smallest absolute Gasteiger partial charge is 0.309 e. The van der Waals surface area contributed by atoms with E-state index in [1.807, 2.05) is 24.3 Å². The number of aliphatic hydroxyl groups is 1. The normalized spacial score (nSPS) is 25.8. The molecule has 0 fully saturated rings. The second kappa shape index (κ2) is 4.49. The number of hydrogen-bond donors (Lipinski definition) is 2. The van der Waals surface area contributed by atoms with Crippen molar-refractivity contribution in [3.63, 3.8) is 0 Å². The van der Waals surface area contributed by atoms with E-state index in [9.17, 15) is 9.90 Å². The molecule has 2 rings (SSSR count). The molecule has 17 heavy (non-hydrogen) atoms. The molecule has 0 aliphatic heterocycles. The molecular formula is C14H18O3. The fourth-order valence-electron chi connectivity index (χ4n) is 2.66. The summed E-state index contributed by atoms with van der Waals surface area (Å²) >= 11 is 0. The van der Waals surface area contributed by atoms with Gasteiger partial charge in [-0.25, -0.2) is 0 Å². The zero-order valence-corrected chi connectivity index (χ0v) is 10.0. The van der Waals surface area contributed by atoms with Crippen LogP contribution < -0.4 is 0 Å². The molecule has 1 aliphatic rings. The maximum absolute atomic E-state index is 11.2. The number of fused-ring (bicyclic) bond motifs is 1. The highest BCUT2D eigenvalue weighted by molar-refractivity contribution is 5.71. The zero-order chi connectivity index (χ0) is 12.5. The quantitative estimate of drug-likeness (QED) is 0.772. The van der Waals surface area contributed by atoms with Crippen molar-refractivity contribution in [3.8, 4) is 0 Å². The van der Waals surface area contributed by atoms with E-state index >= 15 is 0 Å². The number of aryl methyl sites for hydroxylation is 1. The van der Waals surface area contributed by atoms with Crippen LogP contribution in [0.15, 0.2) is 24.3 Å². The van der Waals surface area contributed by atoms with E-state index in [0.717, 1.165) is 30.4 Å². The maximum atomic E-state index is 11.2. The number of carbonyl (C=O) groups is 1. The topological polar surface area (TPSA) is 57.5 Å². The molecule has 1 aromatic rings. The van der Waals surface area contributed by atoms with Gasteiger partial charge in [0.15, 0.2) is 0 Å². The lowest BCUT2D eigenvalue weighted by atomic mass is 9.78. The van der Waals surface area contributed by atoms with Gasteiger partial charge in [-0.2, -0.15) is 0 Å². The fourth-order valence-corrected chi connectivity index (χ4v) is 2.66. The molecular weight excluding hydrogens is 216 g/mol. The van der Waals surface area contributed by atoms with Gasteiger partial charge in [-0.05, 0) is 43.7 Å². The standard InChI is InChI=1S/C14H18O3/c1-10(13(15)16)14(17)9-5-4-7-11-6-2-3-8-12(11)14/h2-3,6,8,10,17H,4-5,7,9H2,1H3,(H,15,16)/t10-,14-/m0/s1. The summed E-state index contributed by atoms with van der Waals surface area (Å²) in [6.45, 7) is 1.59. The Morgan fingerprint density at radius 2 is 2.06 bits per heavy atom. The highest BCUT2D eigenvalue weighted by Gasteiger charge is 2.41. The Balaban J connectivity index is 2.50. The molecule has 92 valence electrons. The summed E-state index contributed by atoms with van der Waals surface area (Å²) in [6, 6.07) is 7.65. The molecule has 0 aromatic heterocycles. The summed E-state index contributed by atoms with van der Waals surface area (Å²) in [6.07, 6.45) is 3.32. The van der Waals surface area contributed by atoms with Crippen molar-refractivity contribution >= 4 is 5.97 Å². The third-order valence-corrected chi connectivity index (χ3v) is 3.82. The first-order valence-electron chi connectivity index (χ1n) is 6.09. The number of carboxylic acids is 1. The molecule has 0 radical (unpaired) electrons. The zero-order valence-electron chi connectivity index (χ0n) is 10.0. The van der Waals surface area contributed by atoms with Gasteiger partial charge in [0.2, 0.25) is 0 Å². The number of benzene rings is 1. The van der Waals surface area contributed by atoms with E-state index in [0.29, 0.717) is 6.42 Å². The van der Waals surface area contributed by atoms with Gasteiger partial charge in [0.1, 0.15) is 5.60 Å². The van der Waals surface area contributed by atoms with Gasteiger partial charge in [0.25, 0.3) is 0 Å². The van der Waals surface area contributed by atoms with Gasteiger partial charge in [-0.3, -0.25) is 4.79 Å². The Labute approximate surface area is 101 Å². The minimum atomic E-state index is -1.22. The molecule has 0 saturated heterocycles. The second-order valence-electron chi connectivity index (χ2n) is 4.85. The molecule has 2 atom stereocenters. The predicted octanol–water partition coefficient (Wildman–Crippen LogP) is 2.32. The van der Waals surface area contributed by atoms with E-state index in [1.165, 1.54) is 0 Å². The van der Waals surface area contributed by atoms with Crippen molar-refractivity contribution in [2.24, 2.45) is 5.92 Å². The average Bonchev–Trinajstić information content (AvgIpc) is 2.49. The van der Waals surface area contributed by atoms with Crippen molar-refractivity contribution < 1.29 is 15.0 Å². The Morgan fingerprint density at radius 3 is 2.76 bits per heavy atom. The monoisotopic (exact) mass is 234 g/mol. The Kier molecular flexibility index (Phi) is 3.20. The Morgan fingerprint density at radius 1 is 1.35 bits per heavy atom. The number of rotatable bonds is 2. The van der Waals surface area contributed by atoms with Crippen molar-refractivity contribution in [1.29, 1.82) is 0 Å². The van der Waals surface area contributed by atoms with Crippen LogP contribution in [0.1, 0.15) is 37.3 Å². The third-order valence-electron chi connectivity index (χ3n) is 3.82. The molecule has 0 bridgehead atoms. The summed E-state index contributed by atoms with van der Waals surface area (Å²) in [7, 11) is 0. The predicted molar refractivity (Wildman–Crippen MR) is 64.7 cm³/mol. The minimum absolute atomic E-state index is 0.525. The summed E-state index contributed by atoms with van der Waals surface area (Å²) in [5.74, 6) is -1.72. The molecule has 0 spiro atoms. The van der Waals surface area contributed by atoms with Crippen LogP contribution in [-0.4, -0.2) is 16.2 Å². The van der Waals surface area contributed by atoms with Gasteiger partial charge in [0.05, 0.1) is 5.92 Å². The minimum Gasteiger partial charge on any atom is -0.481 e. The van der Waals surface area contributed by atoms with Crippen LogP contribution in [0.4, 0.5) is 0 Å². The molecule has 1 aliphatic carbocycles. The van der Waals surface area contributed by atoms with Gasteiger partial charge in [0, 0.05) is 0 Å². The van der Waals surface area contributed by atoms with Gasteiger partial charge in [-0.15, -0.1) is 0 Å². The van der Waals surface area contributed by atoms with Crippen LogP contribution >= 0.6 is 0 Å². The summed E-state index contributed by atoms with van der Waals surface area (Å²) in [5.41, 5.74) is 0.659. The van der Waals surface area contributed by atoms with Gasteiger partial charge in [-0.1, -0.05) is 24.3 Å². The van der Waals surface area contributed by atoms with Crippen LogP contribution in [0.25, 0.3) is 0 Å². The molecule has 0 amide bonds. The van der Waals surface area contributed by atoms with Crippen LogP contribution in [0, 0.1) is 5.92 Å². The van der Waals surface area contributed by atoms with Crippen molar-refractivity contribution in [3.05, 3.63) is 35.4 Å². The fraction of sp³-hybridized carbons (Fsp3) is 0.500. The maximum Gasteiger partial charge on any atom is 0.309 e. The summed E-state index contributed by atoms with van der Waals surface area (Å²) in [4.78, 5) is 11.2. The Hall–Kier alpha value is -1.35. The largest absolute Gasteiger partial charge is 0.481 e. The van der Waals surface area contributed by atoms with Crippen LogP contribution in [-0.2, 0) is 16.8 Å². The molecule has 0 heterocycles.